The molecule has 0 spiro atoms. The second-order valence-electron chi connectivity index (χ2n) is 5.98. The summed E-state index contributed by atoms with van der Waals surface area (Å²) in [6.07, 6.45) is 3.44. The van der Waals surface area contributed by atoms with Crippen LogP contribution in [0.25, 0.3) is 0 Å². The summed E-state index contributed by atoms with van der Waals surface area (Å²) in [5.74, 6) is 1.75. The molecule has 0 amide bonds. The van der Waals surface area contributed by atoms with Gasteiger partial charge in [0, 0.05) is 17.7 Å². The Balaban J connectivity index is 2.12. The molecule has 1 aromatic rings. The maximum atomic E-state index is 13.4. The van der Waals surface area contributed by atoms with Crippen molar-refractivity contribution >= 4 is 0 Å². The second-order valence-corrected chi connectivity index (χ2v) is 5.98. The van der Waals surface area contributed by atoms with Crippen LogP contribution in [0.3, 0.4) is 0 Å². The van der Waals surface area contributed by atoms with Gasteiger partial charge in [0.05, 0.1) is 6.10 Å². The Morgan fingerprint density at radius 3 is 2.63 bits per heavy atom. The quantitative estimate of drug-likeness (QED) is 0.895. The third-order valence-electron chi connectivity index (χ3n) is 4.31. The fraction of sp³-hybridized carbons (Fsp3) is 0.625. The topological polar surface area (TPSA) is 35.2 Å². The highest BCUT2D eigenvalue weighted by atomic mass is 19.1. The summed E-state index contributed by atoms with van der Waals surface area (Å²) in [5.41, 5.74) is 6.80. The second kappa shape index (κ2) is 5.91. The van der Waals surface area contributed by atoms with E-state index >= 15 is 0 Å². The van der Waals surface area contributed by atoms with E-state index in [0.717, 1.165) is 24.3 Å². The van der Waals surface area contributed by atoms with Gasteiger partial charge in [-0.25, -0.2) is 4.39 Å². The van der Waals surface area contributed by atoms with Crippen LogP contribution in [0.4, 0.5) is 4.39 Å². The normalized spacial score (nSPS) is 29.0. The van der Waals surface area contributed by atoms with E-state index in [2.05, 4.69) is 13.8 Å². The molecule has 0 radical (unpaired) electrons. The van der Waals surface area contributed by atoms with Crippen molar-refractivity contribution in [3.8, 4) is 5.75 Å². The lowest BCUT2D eigenvalue weighted by Crippen LogP contribution is -2.29. The van der Waals surface area contributed by atoms with Gasteiger partial charge in [0.1, 0.15) is 11.6 Å². The standard InChI is InChI=1S/C16H24FNO/c1-10-4-6-14(8-11(10)2)19-16-9-13(17)5-7-15(16)12(3)18/h5,7,9-12,14H,4,6,8,18H2,1-3H3/t10?,11?,12-,14?/m0/s1. The van der Waals surface area contributed by atoms with E-state index in [1.54, 1.807) is 6.07 Å². The SMILES string of the molecule is CC1CCC(Oc2cc(F)ccc2[C@H](C)N)CC1C. The summed E-state index contributed by atoms with van der Waals surface area (Å²) in [7, 11) is 0. The van der Waals surface area contributed by atoms with Crippen LogP contribution >= 0.6 is 0 Å². The summed E-state index contributed by atoms with van der Waals surface area (Å²) in [4.78, 5) is 0. The third kappa shape index (κ3) is 3.47. The van der Waals surface area contributed by atoms with Gasteiger partial charge in [-0.15, -0.1) is 0 Å². The van der Waals surface area contributed by atoms with Gasteiger partial charge in [0.25, 0.3) is 0 Å². The van der Waals surface area contributed by atoms with Gasteiger partial charge in [-0.3, -0.25) is 0 Å². The molecule has 1 fully saturated rings. The Labute approximate surface area is 115 Å². The molecule has 3 unspecified atom stereocenters. The predicted octanol–water partition coefficient (Wildman–Crippen LogP) is 4.05. The number of nitrogens with two attached hydrogens (primary N) is 1. The van der Waals surface area contributed by atoms with Crippen molar-refractivity contribution < 1.29 is 9.13 Å². The minimum atomic E-state index is -0.267. The minimum absolute atomic E-state index is 0.143. The molecule has 0 aliphatic heterocycles. The van der Waals surface area contributed by atoms with Gasteiger partial charge in [0.2, 0.25) is 0 Å². The zero-order chi connectivity index (χ0) is 14.0. The summed E-state index contributed by atoms with van der Waals surface area (Å²) in [5, 5.41) is 0. The number of ether oxygens (including phenoxy) is 1. The Kier molecular flexibility index (Phi) is 4.46. The number of benzene rings is 1. The van der Waals surface area contributed by atoms with Gasteiger partial charge >= 0.3 is 0 Å². The van der Waals surface area contributed by atoms with Crippen molar-refractivity contribution in [1.82, 2.24) is 0 Å². The Morgan fingerprint density at radius 1 is 1.26 bits per heavy atom. The molecular weight excluding hydrogens is 241 g/mol. The molecule has 1 saturated carbocycles. The molecule has 3 heteroatoms. The van der Waals surface area contributed by atoms with Crippen LogP contribution in [0.1, 0.15) is 51.6 Å². The summed E-state index contributed by atoms with van der Waals surface area (Å²) < 4.78 is 19.4. The smallest absolute Gasteiger partial charge is 0.127 e. The molecule has 0 bridgehead atoms. The molecule has 0 saturated heterocycles. The zero-order valence-corrected chi connectivity index (χ0v) is 12.0. The first kappa shape index (κ1) is 14.3. The van der Waals surface area contributed by atoms with E-state index < -0.39 is 0 Å². The summed E-state index contributed by atoms with van der Waals surface area (Å²) in [6.45, 7) is 6.44. The van der Waals surface area contributed by atoms with E-state index in [1.807, 2.05) is 6.92 Å². The summed E-state index contributed by atoms with van der Waals surface area (Å²) >= 11 is 0. The lowest BCUT2D eigenvalue weighted by molar-refractivity contribution is 0.0991. The van der Waals surface area contributed by atoms with E-state index in [-0.39, 0.29) is 18.0 Å². The zero-order valence-electron chi connectivity index (χ0n) is 12.0. The first-order chi connectivity index (χ1) is 8.97. The first-order valence-corrected chi connectivity index (χ1v) is 7.19. The van der Waals surface area contributed by atoms with Crippen LogP contribution in [-0.2, 0) is 0 Å². The first-order valence-electron chi connectivity index (χ1n) is 7.19. The molecule has 19 heavy (non-hydrogen) atoms. The molecule has 2 nitrogen and oxygen atoms in total. The lowest BCUT2D eigenvalue weighted by Gasteiger charge is -2.33. The van der Waals surface area contributed by atoms with Gasteiger partial charge in [-0.05, 0) is 44.1 Å². The lowest BCUT2D eigenvalue weighted by atomic mass is 9.80. The maximum Gasteiger partial charge on any atom is 0.127 e. The monoisotopic (exact) mass is 265 g/mol. The predicted molar refractivity (Wildman–Crippen MR) is 75.6 cm³/mol. The molecule has 2 N–H and O–H groups in total. The van der Waals surface area contributed by atoms with Gasteiger partial charge < -0.3 is 10.5 Å². The molecule has 1 aliphatic carbocycles. The number of hydrogen-bond donors (Lipinski definition) is 1. The molecule has 0 aromatic heterocycles. The fourth-order valence-electron chi connectivity index (χ4n) is 2.77. The van der Waals surface area contributed by atoms with Gasteiger partial charge in [-0.1, -0.05) is 19.9 Å². The average molecular weight is 265 g/mol. The van der Waals surface area contributed by atoms with Crippen molar-refractivity contribution in [3.05, 3.63) is 29.6 Å². The molecule has 1 aliphatic rings. The van der Waals surface area contributed by atoms with Crippen molar-refractivity contribution in [1.29, 1.82) is 0 Å². The van der Waals surface area contributed by atoms with Crippen molar-refractivity contribution in [2.75, 3.05) is 0 Å². The molecular formula is C16H24FNO. The third-order valence-corrected chi connectivity index (χ3v) is 4.31. The van der Waals surface area contributed by atoms with Gasteiger partial charge in [-0.2, -0.15) is 0 Å². The van der Waals surface area contributed by atoms with Crippen molar-refractivity contribution in [2.45, 2.75) is 52.2 Å². The van der Waals surface area contributed by atoms with Crippen LogP contribution < -0.4 is 10.5 Å². The largest absolute Gasteiger partial charge is 0.490 e. The Hall–Kier alpha value is -1.09. The van der Waals surface area contributed by atoms with Crippen LogP contribution in [-0.4, -0.2) is 6.10 Å². The maximum absolute atomic E-state index is 13.4. The van der Waals surface area contributed by atoms with E-state index in [9.17, 15) is 4.39 Å². The van der Waals surface area contributed by atoms with Crippen molar-refractivity contribution in [3.63, 3.8) is 0 Å². The highest BCUT2D eigenvalue weighted by Gasteiger charge is 2.26. The van der Waals surface area contributed by atoms with E-state index in [4.69, 9.17) is 10.5 Å². The minimum Gasteiger partial charge on any atom is -0.490 e. The molecule has 4 atom stereocenters. The molecule has 2 rings (SSSR count). The van der Waals surface area contributed by atoms with Crippen molar-refractivity contribution in [2.24, 2.45) is 17.6 Å². The molecule has 106 valence electrons. The average Bonchev–Trinajstić information content (AvgIpc) is 2.33. The number of halogens is 1. The number of hydrogen-bond acceptors (Lipinski definition) is 2. The van der Waals surface area contributed by atoms with Crippen LogP contribution in [0.5, 0.6) is 5.75 Å². The van der Waals surface area contributed by atoms with Crippen LogP contribution in [0.15, 0.2) is 18.2 Å². The highest BCUT2D eigenvalue weighted by Crippen LogP contribution is 2.34. The Bertz CT molecular complexity index is 433. The van der Waals surface area contributed by atoms with E-state index in [1.165, 1.54) is 18.6 Å². The van der Waals surface area contributed by atoms with Gasteiger partial charge in [0.15, 0.2) is 0 Å². The van der Waals surface area contributed by atoms with E-state index in [0.29, 0.717) is 11.7 Å². The summed E-state index contributed by atoms with van der Waals surface area (Å²) in [6, 6.07) is 4.48. The molecule has 1 aromatic carbocycles. The molecule has 0 heterocycles. The fourth-order valence-corrected chi connectivity index (χ4v) is 2.77. The number of rotatable bonds is 3. The Morgan fingerprint density at radius 2 is 2.00 bits per heavy atom. The highest BCUT2D eigenvalue weighted by molar-refractivity contribution is 5.36. The van der Waals surface area contributed by atoms with Crippen LogP contribution in [0.2, 0.25) is 0 Å². The van der Waals surface area contributed by atoms with Crippen LogP contribution in [0, 0.1) is 17.7 Å².